The highest BCUT2D eigenvalue weighted by Gasteiger charge is 2.04. The maximum absolute atomic E-state index is 9.53. The molecule has 0 heterocycles. The molecule has 2 heteroatoms. The van der Waals surface area contributed by atoms with Gasteiger partial charge in [-0.2, -0.15) is 0 Å². The summed E-state index contributed by atoms with van der Waals surface area (Å²) >= 11 is 0. The van der Waals surface area contributed by atoms with E-state index in [2.05, 4.69) is 4.99 Å². The summed E-state index contributed by atoms with van der Waals surface area (Å²) < 4.78 is 0. The molecule has 40 valence electrons. The first kappa shape index (κ1) is 6.38. The molecular formula is C5H9NO. The quantitative estimate of drug-likeness (QED) is 0.332. The third-order valence-electron chi connectivity index (χ3n) is 0.381. The molecule has 0 saturated carbocycles. The van der Waals surface area contributed by atoms with Crippen LogP contribution in [0.5, 0.6) is 0 Å². The van der Waals surface area contributed by atoms with Crippen molar-refractivity contribution in [2.75, 3.05) is 0 Å². The summed E-state index contributed by atoms with van der Waals surface area (Å²) in [5, 5.41) is 0. The molecule has 0 aromatic rings. The van der Waals surface area contributed by atoms with Crippen molar-refractivity contribution in [2.24, 2.45) is 4.99 Å². The van der Waals surface area contributed by atoms with Crippen molar-refractivity contribution in [1.29, 1.82) is 0 Å². The van der Waals surface area contributed by atoms with Crippen molar-refractivity contribution in [3.8, 4) is 0 Å². The lowest BCUT2D eigenvalue weighted by molar-refractivity contribution is 0.535. The Kier molecular flexibility index (Phi) is 1.73. The summed E-state index contributed by atoms with van der Waals surface area (Å²) in [6.07, 6.45) is 1.48. The van der Waals surface area contributed by atoms with E-state index in [0.29, 0.717) is 0 Å². The summed E-state index contributed by atoms with van der Waals surface area (Å²) in [6.45, 7) is 5.54. The lowest BCUT2D eigenvalue weighted by Crippen LogP contribution is -2.07. The van der Waals surface area contributed by atoms with Crippen LogP contribution in [0.15, 0.2) is 4.99 Å². The van der Waals surface area contributed by atoms with E-state index >= 15 is 0 Å². The van der Waals surface area contributed by atoms with Crippen LogP contribution in [0.1, 0.15) is 20.8 Å². The van der Waals surface area contributed by atoms with E-state index in [9.17, 15) is 4.79 Å². The fraction of sp³-hybridized carbons (Fsp3) is 0.800. The van der Waals surface area contributed by atoms with Gasteiger partial charge in [0.2, 0.25) is 6.08 Å². The van der Waals surface area contributed by atoms with Crippen molar-refractivity contribution in [3.05, 3.63) is 0 Å². The summed E-state index contributed by atoms with van der Waals surface area (Å²) in [5.41, 5.74) is -0.248. The average Bonchev–Trinajstić information content (AvgIpc) is 1.30. The highest BCUT2D eigenvalue weighted by Crippen LogP contribution is 2.02. The van der Waals surface area contributed by atoms with E-state index in [1.807, 2.05) is 20.8 Å². The summed E-state index contributed by atoms with van der Waals surface area (Å²) in [7, 11) is 0. The third-order valence-corrected chi connectivity index (χ3v) is 0.381. The predicted molar refractivity (Wildman–Crippen MR) is 27.9 cm³/mol. The van der Waals surface area contributed by atoms with E-state index in [0.717, 1.165) is 0 Å². The highest BCUT2D eigenvalue weighted by molar-refractivity contribution is 5.34. The van der Waals surface area contributed by atoms with E-state index in [-0.39, 0.29) is 5.54 Å². The standard InChI is InChI=1S/C5H9NO/c1-5(2,3)6-4-7/h1-3H3/i4+2. The SMILES string of the molecule is CC(C)(C)N=[14C]=O. The van der Waals surface area contributed by atoms with Crippen LogP contribution in [0.2, 0.25) is 0 Å². The number of carbonyl (C=O) groups excluding carboxylic acids is 1. The molecule has 0 spiro atoms. The number of rotatable bonds is 0. The minimum atomic E-state index is -0.248. The molecule has 7 heavy (non-hydrogen) atoms. The second-order valence-electron chi connectivity index (χ2n) is 2.37. The van der Waals surface area contributed by atoms with E-state index in [1.54, 1.807) is 0 Å². The van der Waals surface area contributed by atoms with Crippen molar-refractivity contribution < 1.29 is 4.79 Å². The van der Waals surface area contributed by atoms with Crippen LogP contribution in [0.25, 0.3) is 0 Å². The Hall–Kier alpha value is -0.620. The van der Waals surface area contributed by atoms with Crippen LogP contribution in [0, 0.1) is 0 Å². The van der Waals surface area contributed by atoms with Crippen LogP contribution in [-0.4, -0.2) is 11.6 Å². The number of hydrogen-bond donors (Lipinski definition) is 0. The van der Waals surface area contributed by atoms with Gasteiger partial charge in [-0.1, -0.05) is 0 Å². The molecule has 0 aromatic carbocycles. The van der Waals surface area contributed by atoms with Gasteiger partial charge in [0.15, 0.2) is 0 Å². The molecule has 0 saturated heterocycles. The first-order valence-corrected chi connectivity index (χ1v) is 2.15. The Balaban J connectivity index is 3.80. The van der Waals surface area contributed by atoms with Gasteiger partial charge in [0.05, 0.1) is 5.54 Å². The number of hydrogen-bond acceptors (Lipinski definition) is 2. The van der Waals surface area contributed by atoms with Gasteiger partial charge < -0.3 is 0 Å². The molecule has 2 nitrogen and oxygen atoms in total. The zero-order chi connectivity index (χ0) is 5.91. The molecule has 0 aliphatic rings. The van der Waals surface area contributed by atoms with Crippen molar-refractivity contribution in [2.45, 2.75) is 26.3 Å². The van der Waals surface area contributed by atoms with Gasteiger partial charge in [-0.15, -0.1) is 0 Å². The molecule has 0 fully saturated rings. The smallest absolute Gasteiger partial charge is 0.211 e. The molecule has 0 N–H and O–H groups in total. The number of isocyanates is 1. The minimum absolute atomic E-state index is 0.248. The maximum atomic E-state index is 9.53. The van der Waals surface area contributed by atoms with Gasteiger partial charge in [-0.25, -0.2) is 9.79 Å². The summed E-state index contributed by atoms with van der Waals surface area (Å²) in [5.74, 6) is 0. The van der Waals surface area contributed by atoms with Crippen LogP contribution >= 0.6 is 0 Å². The molecule has 0 atom stereocenters. The Morgan fingerprint density at radius 3 is 1.86 bits per heavy atom. The van der Waals surface area contributed by atoms with Crippen LogP contribution in [-0.2, 0) is 4.79 Å². The fourth-order valence-electron chi connectivity index (χ4n) is 0.137. The van der Waals surface area contributed by atoms with Gasteiger partial charge in [-0.3, -0.25) is 0 Å². The first-order chi connectivity index (χ1) is 3.06. The second kappa shape index (κ2) is 1.90. The molecule has 0 rings (SSSR count). The lowest BCUT2D eigenvalue weighted by Gasteiger charge is -2.05. The van der Waals surface area contributed by atoms with Gasteiger partial charge in [0.25, 0.3) is 0 Å². The van der Waals surface area contributed by atoms with E-state index in [1.165, 1.54) is 6.08 Å². The summed E-state index contributed by atoms with van der Waals surface area (Å²) in [6, 6.07) is 0. The van der Waals surface area contributed by atoms with Crippen molar-refractivity contribution in [1.82, 2.24) is 0 Å². The fourth-order valence-corrected chi connectivity index (χ4v) is 0.137. The summed E-state index contributed by atoms with van der Waals surface area (Å²) in [4.78, 5) is 13.0. The molecule has 0 unspecified atom stereocenters. The van der Waals surface area contributed by atoms with Crippen LogP contribution < -0.4 is 0 Å². The van der Waals surface area contributed by atoms with Crippen molar-refractivity contribution >= 4 is 6.08 Å². The van der Waals surface area contributed by atoms with Crippen LogP contribution in [0.3, 0.4) is 0 Å². The number of nitrogens with zero attached hydrogens (tertiary/aromatic N) is 1. The van der Waals surface area contributed by atoms with Gasteiger partial charge in [0, 0.05) is 0 Å². The van der Waals surface area contributed by atoms with E-state index in [4.69, 9.17) is 0 Å². The average molecular weight is 101 g/mol. The molecule has 0 bridgehead atoms. The van der Waals surface area contributed by atoms with E-state index < -0.39 is 0 Å². The zero-order valence-electron chi connectivity index (χ0n) is 4.86. The highest BCUT2D eigenvalue weighted by atomic mass is 16.3. The molecule has 0 aliphatic carbocycles. The minimum Gasteiger partial charge on any atom is -0.211 e. The predicted octanol–water partition coefficient (Wildman–Crippen LogP) is 1.12. The monoisotopic (exact) mass is 101 g/mol. The van der Waals surface area contributed by atoms with Gasteiger partial charge in [0.1, 0.15) is 0 Å². The zero-order valence-corrected chi connectivity index (χ0v) is 4.86. The molecule has 0 amide bonds. The number of aliphatic imine (C=N–C) groups is 1. The molecule has 0 radical (unpaired) electrons. The second-order valence-corrected chi connectivity index (χ2v) is 2.37. The van der Waals surface area contributed by atoms with Crippen LogP contribution in [0.4, 0.5) is 0 Å². The Morgan fingerprint density at radius 1 is 1.43 bits per heavy atom. The topological polar surface area (TPSA) is 29.4 Å². The Labute approximate surface area is 43.3 Å². The van der Waals surface area contributed by atoms with Crippen molar-refractivity contribution in [3.63, 3.8) is 0 Å². The third kappa shape index (κ3) is 5.38. The van der Waals surface area contributed by atoms with Gasteiger partial charge >= 0.3 is 0 Å². The first-order valence-electron chi connectivity index (χ1n) is 2.15. The largest absolute Gasteiger partial charge is 0.235 e. The lowest BCUT2D eigenvalue weighted by atomic mass is 10.1. The molecule has 0 aromatic heterocycles. The Bertz CT molecular complexity index is 95.1. The molecule has 0 aliphatic heterocycles. The maximum Gasteiger partial charge on any atom is 0.235 e. The normalized spacial score (nSPS) is 10.1. The van der Waals surface area contributed by atoms with Gasteiger partial charge in [-0.05, 0) is 20.8 Å². The molecular weight excluding hydrogens is 92.1 g/mol. The Morgan fingerprint density at radius 2 is 1.86 bits per heavy atom.